The van der Waals surface area contributed by atoms with Crippen LogP contribution in [0.25, 0.3) is 0 Å². The molecule has 0 bridgehead atoms. The number of rotatable bonds is 6. The van der Waals surface area contributed by atoms with Crippen LogP contribution in [0.15, 0.2) is 6.20 Å². The van der Waals surface area contributed by atoms with E-state index in [4.69, 9.17) is 0 Å². The molecular formula is C13H23N3O2S2. The predicted molar refractivity (Wildman–Crippen MR) is 82.4 cm³/mol. The van der Waals surface area contributed by atoms with Crippen LogP contribution in [0.5, 0.6) is 0 Å². The minimum Gasteiger partial charge on any atom is -0.317 e. The molecule has 114 valence electrons. The second-order valence-corrected chi connectivity index (χ2v) is 8.28. The summed E-state index contributed by atoms with van der Waals surface area (Å²) in [7, 11) is -3.24. The van der Waals surface area contributed by atoms with Crippen molar-refractivity contribution in [3.05, 3.63) is 16.1 Å². The number of thiazole rings is 1. The molecule has 1 atom stereocenters. The molecule has 1 aliphatic rings. The first-order valence-electron chi connectivity index (χ1n) is 7.15. The second kappa shape index (κ2) is 6.98. The van der Waals surface area contributed by atoms with Gasteiger partial charge in [0, 0.05) is 11.1 Å². The molecule has 2 heterocycles. The minimum atomic E-state index is -3.24. The molecule has 0 aliphatic carbocycles. The van der Waals surface area contributed by atoms with Gasteiger partial charge in [-0.05, 0) is 45.2 Å². The zero-order valence-electron chi connectivity index (χ0n) is 12.1. The van der Waals surface area contributed by atoms with Crippen molar-refractivity contribution in [1.82, 2.24) is 15.0 Å². The maximum absolute atomic E-state index is 12.2. The van der Waals surface area contributed by atoms with Crippen LogP contribution < -0.4 is 10.0 Å². The Morgan fingerprint density at radius 1 is 1.50 bits per heavy atom. The fourth-order valence-electron chi connectivity index (χ4n) is 2.41. The van der Waals surface area contributed by atoms with Crippen LogP contribution in [0.1, 0.15) is 42.6 Å². The van der Waals surface area contributed by atoms with Crippen LogP contribution in [0.3, 0.4) is 0 Å². The normalized spacial score (nSPS) is 19.1. The van der Waals surface area contributed by atoms with Crippen LogP contribution in [0.2, 0.25) is 0 Å². The van der Waals surface area contributed by atoms with Crippen molar-refractivity contribution >= 4 is 21.4 Å². The maximum atomic E-state index is 12.2. The average molecular weight is 317 g/mol. The van der Waals surface area contributed by atoms with Crippen molar-refractivity contribution in [3.8, 4) is 0 Å². The first-order chi connectivity index (χ1) is 9.50. The Morgan fingerprint density at radius 2 is 2.20 bits per heavy atom. The standard InChI is InChI=1S/C13H23N3O2S2/c1-3-12-8-15-13(19-12)10(2)16-20(17,18)9-11-4-6-14-7-5-11/h8,10-11,14,16H,3-7,9H2,1-2H3. The molecule has 0 radical (unpaired) electrons. The van der Waals surface area contributed by atoms with E-state index in [9.17, 15) is 8.42 Å². The van der Waals surface area contributed by atoms with Crippen molar-refractivity contribution in [1.29, 1.82) is 0 Å². The number of nitrogens with zero attached hydrogens (tertiary/aromatic N) is 1. The molecule has 2 N–H and O–H groups in total. The van der Waals surface area contributed by atoms with Crippen molar-refractivity contribution in [2.24, 2.45) is 5.92 Å². The third-order valence-corrected chi connectivity index (χ3v) is 6.51. The molecule has 0 amide bonds. The van der Waals surface area contributed by atoms with Gasteiger partial charge in [-0.15, -0.1) is 11.3 Å². The summed E-state index contributed by atoms with van der Waals surface area (Å²) in [6, 6.07) is -0.244. The van der Waals surface area contributed by atoms with E-state index in [0.717, 1.165) is 37.4 Å². The van der Waals surface area contributed by atoms with Crippen LogP contribution >= 0.6 is 11.3 Å². The Labute approximate surface area is 125 Å². The molecule has 1 saturated heterocycles. The van der Waals surface area contributed by atoms with Crippen molar-refractivity contribution in [2.75, 3.05) is 18.8 Å². The highest BCUT2D eigenvalue weighted by Gasteiger charge is 2.23. The SMILES string of the molecule is CCc1cnc(C(C)NS(=O)(=O)CC2CCNCC2)s1. The van der Waals surface area contributed by atoms with Gasteiger partial charge in [0.2, 0.25) is 10.0 Å². The van der Waals surface area contributed by atoms with Crippen molar-refractivity contribution < 1.29 is 8.42 Å². The van der Waals surface area contributed by atoms with Crippen molar-refractivity contribution in [3.63, 3.8) is 0 Å². The molecule has 0 saturated carbocycles. The van der Waals surface area contributed by atoms with Gasteiger partial charge in [0.05, 0.1) is 11.8 Å². The summed E-state index contributed by atoms with van der Waals surface area (Å²) in [5.74, 6) is 0.494. The van der Waals surface area contributed by atoms with Gasteiger partial charge >= 0.3 is 0 Å². The summed E-state index contributed by atoms with van der Waals surface area (Å²) in [4.78, 5) is 5.48. The average Bonchev–Trinajstić information content (AvgIpc) is 2.87. The van der Waals surface area contributed by atoms with Crippen LogP contribution in [0, 0.1) is 5.92 Å². The quantitative estimate of drug-likeness (QED) is 0.837. The zero-order chi connectivity index (χ0) is 14.6. The predicted octanol–water partition coefficient (Wildman–Crippen LogP) is 1.69. The molecule has 7 heteroatoms. The molecule has 20 heavy (non-hydrogen) atoms. The number of sulfonamides is 1. The van der Waals surface area contributed by atoms with Gasteiger partial charge in [-0.25, -0.2) is 18.1 Å². The van der Waals surface area contributed by atoms with E-state index in [2.05, 4.69) is 21.9 Å². The monoisotopic (exact) mass is 317 g/mol. The smallest absolute Gasteiger partial charge is 0.212 e. The highest BCUT2D eigenvalue weighted by Crippen LogP contribution is 2.22. The Hall–Kier alpha value is -0.500. The minimum absolute atomic E-state index is 0.227. The Bertz CT molecular complexity index is 521. The van der Waals surface area contributed by atoms with Gasteiger partial charge in [-0.3, -0.25) is 0 Å². The lowest BCUT2D eigenvalue weighted by Crippen LogP contribution is -2.36. The molecule has 0 aromatic carbocycles. The van der Waals surface area contributed by atoms with E-state index >= 15 is 0 Å². The first kappa shape index (κ1) is 15.9. The molecule has 1 aromatic heterocycles. The summed E-state index contributed by atoms with van der Waals surface area (Å²) in [6.07, 6.45) is 4.64. The summed E-state index contributed by atoms with van der Waals surface area (Å²) in [6.45, 7) is 5.77. The van der Waals surface area contributed by atoms with Gasteiger partial charge < -0.3 is 5.32 Å². The Balaban J connectivity index is 1.92. The molecule has 2 rings (SSSR count). The van der Waals surface area contributed by atoms with Gasteiger partial charge in [0.1, 0.15) is 5.01 Å². The first-order valence-corrected chi connectivity index (χ1v) is 9.62. The van der Waals surface area contributed by atoms with Crippen molar-refractivity contribution in [2.45, 2.75) is 39.2 Å². The Kier molecular flexibility index (Phi) is 5.54. The summed E-state index contributed by atoms with van der Waals surface area (Å²) < 4.78 is 27.2. The van der Waals surface area contributed by atoms with Gasteiger partial charge in [0.15, 0.2) is 0 Å². The third kappa shape index (κ3) is 4.51. The van der Waals surface area contributed by atoms with E-state index < -0.39 is 10.0 Å². The highest BCUT2D eigenvalue weighted by atomic mass is 32.2. The molecular weight excluding hydrogens is 294 g/mol. The van der Waals surface area contributed by atoms with Gasteiger partial charge in [0.25, 0.3) is 0 Å². The summed E-state index contributed by atoms with van der Waals surface area (Å²) >= 11 is 1.58. The maximum Gasteiger partial charge on any atom is 0.212 e. The topological polar surface area (TPSA) is 71.1 Å². The lowest BCUT2D eigenvalue weighted by Gasteiger charge is -2.23. The lowest BCUT2D eigenvalue weighted by atomic mass is 10.0. The van der Waals surface area contributed by atoms with E-state index in [0.29, 0.717) is 0 Å². The molecule has 1 aliphatic heterocycles. The number of hydrogen-bond acceptors (Lipinski definition) is 5. The fourth-order valence-corrected chi connectivity index (χ4v) is 5.05. The fraction of sp³-hybridized carbons (Fsp3) is 0.769. The number of nitrogens with one attached hydrogen (secondary N) is 2. The van der Waals surface area contributed by atoms with Crippen LogP contribution in [-0.4, -0.2) is 32.2 Å². The van der Waals surface area contributed by atoms with Crippen LogP contribution in [-0.2, 0) is 16.4 Å². The van der Waals surface area contributed by atoms with E-state index in [1.165, 1.54) is 4.88 Å². The lowest BCUT2D eigenvalue weighted by molar-refractivity contribution is 0.399. The summed E-state index contributed by atoms with van der Waals surface area (Å²) in [5.41, 5.74) is 0. The second-order valence-electron chi connectivity index (χ2n) is 5.33. The molecule has 1 aromatic rings. The zero-order valence-corrected chi connectivity index (χ0v) is 13.7. The Morgan fingerprint density at radius 3 is 2.80 bits per heavy atom. The van der Waals surface area contributed by atoms with Gasteiger partial charge in [-0.1, -0.05) is 6.92 Å². The van der Waals surface area contributed by atoms with Crippen LogP contribution in [0.4, 0.5) is 0 Å². The number of hydrogen-bond donors (Lipinski definition) is 2. The molecule has 1 fully saturated rings. The molecule has 5 nitrogen and oxygen atoms in total. The number of aromatic nitrogens is 1. The highest BCUT2D eigenvalue weighted by molar-refractivity contribution is 7.89. The molecule has 1 unspecified atom stereocenters. The summed E-state index contributed by atoms with van der Waals surface area (Å²) in [5, 5.41) is 4.10. The number of piperidine rings is 1. The largest absolute Gasteiger partial charge is 0.317 e. The van der Waals surface area contributed by atoms with E-state index in [-0.39, 0.29) is 17.7 Å². The van der Waals surface area contributed by atoms with Gasteiger partial charge in [-0.2, -0.15) is 0 Å². The third-order valence-electron chi connectivity index (χ3n) is 3.56. The number of aryl methyl sites for hydroxylation is 1. The molecule has 0 spiro atoms. The van der Waals surface area contributed by atoms with E-state index in [1.54, 1.807) is 11.3 Å². The van der Waals surface area contributed by atoms with E-state index in [1.807, 2.05) is 13.1 Å².